The van der Waals surface area contributed by atoms with Crippen molar-refractivity contribution in [3.8, 4) is 0 Å². The normalized spacial score (nSPS) is 13.4. The molecule has 0 aliphatic rings. The second-order valence-corrected chi connectivity index (χ2v) is 3.80. The number of rotatable bonds is 6. The average Bonchev–Trinajstić information content (AvgIpc) is 2.11. The number of unbranched alkanes of at least 4 members (excludes halogenated alkanes) is 2. The van der Waals surface area contributed by atoms with Crippen molar-refractivity contribution in [1.82, 2.24) is 0 Å². The standard InChI is InChI=1S/C10H18O2S/c1-3-5-7-9(11)13-10(12)8-6-4-2/h7-8,11-12H,3-6H2,1-2H3. The summed E-state index contributed by atoms with van der Waals surface area (Å²) in [5.41, 5.74) is 0. The van der Waals surface area contributed by atoms with E-state index in [0.29, 0.717) is 0 Å². The lowest BCUT2D eigenvalue weighted by molar-refractivity contribution is 0.438. The molecular weight excluding hydrogens is 184 g/mol. The molecule has 0 fully saturated rings. The highest BCUT2D eigenvalue weighted by atomic mass is 32.2. The molecule has 0 unspecified atom stereocenters. The van der Waals surface area contributed by atoms with E-state index in [2.05, 4.69) is 0 Å². The molecule has 0 aromatic rings. The smallest absolute Gasteiger partial charge is 0.153 e. The number of hydrogen-bond acceptors (Lipinski definition) is 3. The molecule has 0 saturated carbocycles. The predicted octanol–water partition coefficient (Wildman–Crippen LogP) is 4.12. The number of thioether (sulfide) groups is 1. The van der Waals surface area contributed by atoms with E-state index in [0.717, 1.165) is 37.4 Å². The van der Waals surface area contributed by atoms with Gasteiger partial charge in [-0.25, -0.2) is 0 Å². The Kier molecular flexibility index (Phi) is 7.69. The molecule has 0 aromatic carbocycles. The van der Waals surface area contributed by atoms with E-state index in [1.165, 1.54) is 0 Å². The molecule has 0 rings (SSSR count). The van der Waals surface area contributed by atoms with Gasteiger partial charge >= 0.3 is 0 Å². The van der Waals surface area contributed by atoms with Crippen molar-refractivity contribution >= 4 is 11.8 Å². The van der Waals surface area contributed by atoms with Gasteiger partial charge in [0.05, 0.1) is 0 Å². The van der Waals surface area contributed by atoms with Crippen LogP contribution >= 0.6 is 11.8 Å². The quantitative estimate of drug-likeness (QED) is 0.636. The first-order valence-corrected chi connectivity index (χ1v) is 5.48. The van der Waals surface area contributed by atoms with Crippen LogP contribution in [0.3, 0.4) is 0 Å². The lowest BCUT2D eigenvalue weighted by Crippen LogP contribution is -1.78. The summed E-state index contributed by atoms with van der Waals surface area (Å²) in [5, 5.41) is 18.9. The Bertz CT molecular complexity index is 165. The highest BCUT2D eigenvalue weighted by Crippen LogP contribution is 2.21. The highest BCUT2D eigenvalue weighted by Gasteiger charge is 1.97. The molecule has 0 aliphatic heterocycles. The van der Waals surface area contributed by atoms with E-state index >= 15 is 0 Å². The number of hydrogen-bond donors (Lipinski definition) is 2. The van der Waals surface area contributed by atoms with Crippen LogP contribution in [0.2, 0.25) is 0 Å². The van der Waals surface area contributed by atoms with Gasteiger partial charge in [-0.05, 0) is 36.8 Å². The zero-order valence-corrected chi connectivity index (χ0v) is 9.10. The molecule has 3 heteroatoms. The number of aliphatic hydroxyl groups excluding tert-OH is 2. The van der Waals surface area contributed by atoms with Crippen LogP contribution in [-0.2, 0) is 0 Å². The van der Waals surface area contributed by atoms with Crippen LogP contribution in [0.1, 0.15) is 39.5 Å². The van der Waals surface area contributed by atoms with Crippen molar-refractivity contribution in [1.29, 1.82) is 0 Å². The summed E-state index contributed by atoms with van der Waals surface area (Å²) in [6, 6.07) is 0. The maximum absolute atomic E-state index is 9.27. The lowest BCUT2D eigenvalue weighted by Gasteiger charge is -1.98. The number of allylic oxidation sites excluding steroid dienone is 2. The molecule has 0 amide bonds. The maximum Gasteiger partial charge on any atom is 0.153 e. The minimum atomic E-state index is 0.187. The lowest BCUT2D eigenvalue weighted by atomic mass is 10.3. The Morgan fingerprint density at radius 2 is 1.38 bits per heavy atom. The third-order valence-corrected chi connectivity index (χ3v) is 2.18. The summed E-state index contributed by atoms with van der Waals surface area (Å²) >= 11 is 1.01. The zero-order valence-electron chi connectivity index (χ0n) is 8.29. The fourth-order valence-corrected chi connectivity index (χ4v) is 1.34. The molecule has 0 heterocycles. The summed E-state index contributed by atoms with van der Waals surface area (Å²) in [5.74, 6) is 0. The van der Waals surface area contributed by atoms with Gasteiger partial charge in [-0.2, -0.15) is 0 Å². The first-order chi connectivity index (χ1) is 6.20. The molecule has 2 N–H and O–H groups in total. The van der Waals surface area contributed by atoms with Crippen LogP contribution in [0, 0.1) is 0 Å². The SMILES string of the molecule is CCCC=C(O)SC(O)=CCCC. The van der Waals surface area contributed by atoms with Gasteiger partial charge in [-0.15, -0.1) is 0 Å². The van der Waals surface area contributed by atoms with E-state index in [-0.39, 0.29) is 10.2 Å². The van der Waals surface area contributed by atoms with Gasteiger partial charge in [0.1, 0.15) is 0 Å². The summed E-state index contributed by atoms with van der Waals surface area (Å²) in [6.45, 7) is 4.09. The highest BCUT2D eigenvalue weighted by molar-refractivity contribution is 8.06. The fourth-order valence-electron chi connectivity index (χ4n) is 0.726. The Morgan fingerprint density at radius 3 is 1.69 bits per heavy atom. The minimum absolute atomic E-state index is 0.187. The van der Waals surface area contributed by atoms with E-state index < -0.39 is 0 Å². The van der Waals surface area contributed by atoms with Crippen LogP contribution in [-0.4, -0.2) is 10.2 Å². The van der Waals surface area contributed by atoms with E-state index in [1.54, 1.807) is 12.2 Å². The molecule has 0 saturated heterocycles. The van der Waals surface area contributed by atoms with Gasteiger partial charge in [0.25, 0.3) is 0 Å². The van der Waals surface area contributed by atoms with Crippen molar-refractivity contribution in [2.75, 3.05) is 0 Å². The molecule has 0 radical (unpaired) electrons. The molecule has 0 spiro atoms. The fraction of sp³-hybridized carbons (Fsp3) is 0.600. The Balaban J connectivity index is 3.82. The van der Waals surface area contributed by atoms with Crippen LogP contribution in [0.25, 0.3) is 0 Å². The Hall–Kier alpha value is -0.570. The van der Waals surface area contributed by atoms with Crippen molar-refractivity contribution in [3.63, 3.8) is 0 Å². The van der Waals surface area contributed by atoms with Gasteiger partial charge in [-0.3, -0.25) is 0 Å². The van der Waals surface area contributed by atoms with Gasteiger partial charge in [0, 0.05) is 0 Å². The van der Waals surface area contributed by atoms with E-state index in [1.807, 2.05) is 13.8 Å². The monoisotopic (exact) mass is 202 g/mol. The largest absolute Gasteiger partial charge is 0.502 e. The van der Waals surface area contributed by atoms with Crippen molar-refractivity contribution in [2.45, 2.75) is 39.5 Å². The topological polar surface area (TPSA) is 40.5 Å². The Labute approximate surface area is 84.4 Å². The number of aliphatic hydroxyl groups is 2. The maximum atomic E-state index is 9.27. The van der Waals surface area contributed by atoms with Crippen LogP contribution in [0.15, 0.2) is 22.3 Å². The summed E-state index contributed by atoms with van der Waals surface area (Å²) in [6.07, 6.45) is 7.15. The van der Waals surface area contributed by atoms with E-state index in [9.17, 15) is 10.2 Å². The third kappa shape index (κ3) is 7.78. The van der Waals surface area contributed by atoms with Crippen LogP contribution in [0.5, 0.6) is 0 Å². The van der Waals surface area contributed by atoms with Crippen LogP contribution in [0.4, 0.5) is 0 Å². The van der Waals surface area contributed by atoms with Crippen molar-refractivity contribution < 1.29 is 10.2 Å². The van der Waals surface area contributed by atoms with Gasteiger partial charge in [-0.1, -0.05) is 26.7 Å². The van der Waals surface area contributed by atoms with Gasteiger partial charge in [0.15, 0.2) is 10.2 Å². The molecule has 2 nitrogen and oxygen atoms in total. The molecule has 0 aliphatic carbocycles. The molecule has 0 atom stereocenters. The van der Waals surface area contributed by atoms with Gasteiger partial charge in [0.2, 0.25) is 0 Å². The molecule has 0 bridgehead atoms. The third-order valence-electron chi connectivity index (χ3n) is 1.42. The molecule has 76 valence electrons. The first-order valence-electron chi connectivity index (χ1n) is 4.66. The molecule has 13 heavy (non-hydrogen) atoms. The van der Waals surface area contributed by atoms with E-state index in [4.69, 9.17) is 0 Å². The average molecular weight is 202 g/mol. The second kappa shape index (κ2) is 8.05. The minimum Gasteiger partial charge on any atom is -0.502 e. The zero-order chi connectivity index (χ0) is 10.1. The summed E-state index contributed by atoms with van der Waals surface area (Å²) in [7, 11) is 0. The Morgan fingerprint density at radius 1 is 1.00 bits per heavy atom. The van der Waals surface area contributed by atoms with Crippen molar-refractivity contribution in [3.05, 3.63) is 22.3 Å². The molecular formula is C10H18O2S. The van der Waals surface area contributed by atoms with Crippen LogP contribution < -0.4 is 0 Å². The summed E-state index contributed by atoms with van der Waals surface area (Å²) < 4.78 is 0. The van der Waals surface area contributed by atoms with Gasteiger partial charge < -0.3 is 10.2 Å². The summed E-state index contributed by atoms with van der Waals surface area (Å²) in [4.78, 5) is 0. The molecule has 0 aromatic heterocycles. The second-order valence-electron chi connectivity index (χ2n) is 2.76. The first kappa shape index (κ1) is 12.4. The predicted molar refractivity (Wildman–Crippen MR) is 58.8 cm³/mol. The van der Waals surface area contributed by atoms with Crippen molar-refractivity contribution in [2.24, 2.45) is 0 Å².